The number of aliphatic hydroxyl groups excluding tert-OH is 1. The molecule has 0 aromatic heterocycles. The first-order chi connectivity index (χ1) is 11.1. The summed E-state index contributed by atoms with van der Waals surface area (Å²) in [5.41, 5.74) is 1.08. The molecule has 1 N–H and O–H groups in total. The number of fused-ring (bicyclic) bond motifs is 1. The number of carbonyl (C=O) groups is 1. The predicted octanol–water partition coefficient (Wildman–Crippen LogP) is 2.67. The molecular weight excluding hydrogens is 294 g/mol. The third kappa shape index (κ3) is 3.51. The van der Waals surface area contributed by atoms with E-state index in [1.165, 1.54) is 19.8 Å². The third-order valence-corrected chi connectivity index (χ3v) is 4.94. The number of esters is 1. The number of ether oxygens (including phenoxy) is 2. The Hall–Kier alpha value is -1.59. The van der Waals surface area contributed by atoms with E-state index in [1.807, 2.05) is 18.2 Å². The number of benzene rings is 1. The Bertz CT molecular complexity index is 574. The topological polar surface area (TPSA) is 59.0 Å². The van der Waals surface area contributed by atoms with Crippen molar-refractivity contribution in [2.75, 3.05) is 13.7 Å². The molecular formula is C18H25NO4. The Balaban J connectivity index is 1.90. The number of hydrogen-bond acceptors (Lipinski definition) is 5. The van der Waals surface area contributed by atoms with E-state index in [9.17, 15) is 9.90 Å². The van der Waals surface area contributed by atoms with Crippen molar-refractivity contribution < 1.29 is 19.4 Å². The fourth-order valence-corrected chi connectivity index (χ4v) is 3.95. The van der Waals surface area contributed by atoms with Crippen LogP contribution in [0, 0.1) is 0 Å². The minimum Gasteiger partial charge on any atom is -0.493 e. The monoisotopic (exact) mass is 319 g/mol. The number of carbonyl (C=O) groups excluding carboxylic acids is 1. The van der Waals surface area contributed by atoms with Crippen molar-refractivity contribution in [1.29, 1.82) is 0 Å². The summed E-state index contributed by atoms with van der Waals surface area (Å²) in [5, 5.41) is 10.3. The lowest BCUT2D eigenvalue weighted by atomic mass is 9.84. The van der Waals surface area contributed by atoms with Gasteiger partial charge in [0.25, 0.3) is 0 Å². The van der Waals surface area contributed by atoms with Gasteiger partial charge in [-0.1, -0.05) is 12.5 Å². The lowest BCUT2D eigenvalue weighted by Crippen LogP contribution is -2.48. The minimum absolute atomic E-state index is 0.171. The molecule has 0 amide bonds. The van der Waals surface area contributed by atoms with Crippen molar-refractivity contribution in [2.24, 2.45) is 0 Å². The lowest BCUT2D eigenvalue weighted by Gasteiger charge is -2.47. The van der Waals surface area contributed by atoms with Gasteiger partial charge in [0.15, 0.2) is 11.5 Å². The van der Waals surface area contributed by atoms with E-state index in [-0.39, 0.29) is 18.1 Å². The molecule has 3 atom stereocenters. The van der Waals surface area contributed by atoms with Gasteiger partial charge in [0.05, 0.1) is 13.2 Å². The maximum Gasteiger partial charge on any atom is 0.308 e. The van der Waals surface area contributed by atoms with Crippen molar-refractivity contribution in [3.05, 3.63) is 23.8 Å². The lowest BCUT2D eigenvalue weighted by molar-refractivity contribution is -0.132. The fraction of sp³-hybridized carbons (Fsp3) is 0.611. The zero-order valence-corrected chi connectivity index (χ0v) is 13.8. The van der Waals surface area contributed by atoms with E-state index < -0.39 is 0 Å². The first kappa shape index (κ1) is 16.3. The van der Waals surface area contributed by atoms with E-state index in [0.29, 0.717) is 17.5 Å². The molecule has 0 aliphatic carbocycles. The summed E-state index contributed by atoms with van der Waals surface area (Å²) in [4.78, 5) is 13.8. The van der Waals surface area contributed by atoms with Crippen LogP contribution >= 0.6 is 0 Å². The SMILES string of the molecule is COc1ccc([C@@H]2C[C@@H](O)C[C@H]3CCCCN32)cc1OC(C)=O. The van der Waals surface area contributed by atoms with Crippen molar-refractivity contribution in [3.63, 3.8) is 0 Å². The van der Waals surface area contributed by atoms with Crippen LogP contribution in [-0.4, -0.2) is 41.8 Å². The number of nitrogens with zero attached hydrogens (tertiary/aromatic N) is 1. The molecule has 1 aromatic carbocycles. The summed E-state index contributed by atoms with van der Waals surface area (Å²) in [6.45, 7) is 2.45. The summed E-state index contributed by atoms with van der Waals surface area (Å²) in [5.74, 6) is 0.640. The first-order valence-electron chi connectivity index (χ1n) is 8.38. The maximum atomic E-state index is 11.3. The molecule has 2 fully saturated rings. The number of aliphatic hydroxyl groups is 1. The van der Waals surface area contributed by atoms with E-state index in [0.717, 1.165) is 31.4 Å². The highest BCUT2D eigenvalue weighted by atomic mass is 16.6. The second-order valence-electron chi connectivity index (χ2n) is 6.53. The predicted molar refractivity (Wildman–Crippen MR) is 86.6 cm³/mol. The second kappa shape index (κ2) is 6.89. The van der Waals surface area contributed by atoms with Crippen molar-refractivity contribution >= 4 is 5.97 Å². The van der Waals surface area contributed by atoms with Gasteiger partial charge in [-0.2, -0.15) is 0 Å². The summed E-state index contributed by atoms with van der Waals surface area (Å²) >= 11 is 0. The zero-order valence-electron chi connectivity index (χ0n) is 13.8. The van der Waals surface area contributed by atoms with Gasteiger partial charge in [0, 0.05) is 19.0 Å². The van der Waals surface area contributed by atoms with E-state index >= 15 is 0 Å². The van der Waals surface area contributed by atoms with Gasteiger partial charge in [0.1, 0.15) is 0 Å². The average Bonchev–Trinajstić information content (AvgIpc) is 2.53. The number of rotatable bonds is 3. The Labute approximate surface area is 137 Å². The molecule has 2 aliphatic heterocycles. The third-order valence-electron chi connectivity index (χ3n) is 4.94. The van der Waals surface area contributed by atoms with E-state index in [2.05, 4.69) is 4.90 Å². The van der Waals surface area contributed by atoms with Gasteiger partial charge in [0.2, 0.25) is 0 Å². The number of piperidine rings is 2. The molecule has 0 bridgehead atoms. The van der Waals surface area contributed by atoms with Gasteiger partial charge in [-0.05, 0) is 49.9 Å². The normalized spacial score (nSPS) is 28.0. The van der Waals surface area contributed by atoms with Crippen LogP contribution in [0.5, 0.6) is 11.5 Å². The molecule has 0 saturated carbocycles. The molecule has 126 valence electrons. The second-order valence-corrected chi connectivity index (χ2v) is 6.53. The van der Waals surface area contributed by atoms with Gasteiger partial charge in [-0.15, -0.1) is 0 Å². The van der Waals surface area contributed by atoms with Crippen LogP contribution in [-0.2, 0) is 4.79 Å². The van der Waals surface area contributed by atoms with Crippen LogP contribution in [0.3, 0.4) is 0 Å². The highest BCUT2D eigenvalue weighted by Gasteiger charge is 2.37. The van der Waals surface area contributed by atoms with Crippen LogP contribution in [0.25, 0.3) is 0 Å². The Kier molecular flexibility index (Phi) is 4.87. The maximum absolute atomic E-state index is 11.3. The summed E-state index contributed by atoms with van der Waals surface area (Å²) in [7, 11) is 1.56. The van der Waals surface area contributed by atoms with Crippen LogP contribution in [0.1, 0.15) is 50.6 Å². The summed E-state index contributed by atoms with van der Waals surface area (Å²) in [6.07, 6.45) is 4.92. The first-order valence-corrected chi connectivity index (χ1v) is 8.38. The molecule has 2 aliphatic rings. The minimum atomic E-state index is -0.361. The smallest absolute Gasteiger partial charge is 0.308 e. The van der Waals surface area contributed by atoms with Crippen molar-refractivity contribution in [2.45, 2.75) is 57.2 Å². The molecule has 23 heavy (non-hydrogen) atoms. The quantitative estimate of drug-likeness (QED) is 0.685. The van der Waals surface area contributed by atoms with Crippen molar-refractivity contribution in [3.8, 4) is 11.5 Å². The van der Waals surface area contributed by atoms with E-state index in [1.54, 1.807) is 7.11 Å². The van der Waals surface area contributed by atoms with Gasteiger partial charge in [-0.25, -0.2) is 0 Å². The molecule has 2 saturated heterocycles. The largest absolute Gasteiger partial charge is 0.493 e. The van der Waals surface area contributed by atoms with E-state index in [4.69, 9.17) is 9.47 Å². The number of hydrogen-bond donors (Lipinski definition) is 1. The van der Waals surface area contributed by atoms with Crippen LogP contribution in [0.2, 0.25) is 0 Å². The van der Waals surface area contributed by atoms with Crippen LogP contribution < -0.4 is 9.47 Å². The number of methoxy groups -OCH3 is 1. The molecule has 0 radical (unpaired) electrons. The highest BCUT2D eigenvalue weighted by molar-refractivity contribution is 5.70. The molecule has 0 spiro atoms. The molecule has 5 nitrogen and oxygen atoms in total. The standard InChI is InChI=1S/C18H25NO4/c1-12(20)23-18-9-13(6-7-17(18)22-2)16-11-15(21)10-14-5-3-4-8-19(14)16/h6-7,9,14-16,21H,3-5,8,10-11H2,1-2H3/t14-,15+,16+/m1/s1. The fourth-order valence-electron chi connectivity index (χ4n) is 3.95. The zero-order chi connectivity index (χ0) is 16.4. The Morgan fingerprint density at radius 2 is 2.09 bits per heavy atom. The highest BCUT2D eigenvalue weighted by Crippen LogP contribution is 2.41. The molecule has 3 rings (SSSR count). The molecule has 5 heteroatoms. The summed E-state index contributed by atoms with van der Waals surface area (Å²) < 4.78 is 10.6. The van der Waals surface area contributed by atoms with Gasteiger partial charge < -0.3 is 14.6 Å². The van der Waals surface area contributed by atoms with Crippen LogP contribution in [0.15, 0.2) is 18.2 Å². The summed E-state index contributed by atoms with van der Waals surface area (Å²) in [6, 6.07) is 6.36. The van der Waals surface area contributed by atoms with Crippen LogP contribution in [0.4, 0.5) is 0 Å². The average molecular weight is 319 g/mol. The van der Waals surface area contributed by atoms with Gasteiger partial charge >= 0.3 is 5.97 Å². The molecule has 0 unspecified atom stereocenters. The molecule has 1 aromatic rings. The van der Waals surface area contributed by atoms with Crippen molar-refractivity contribution in [1.82, 2.24) is 4.90 Å². The Morgan fingerprint density at radius 3 is 2.83 bits per heavy atom. The Morgan fingerprint density at radius 1 is 1.26 bits per heavy atom. The molecule has 2 heterocycles. The van der Waals surface area contributed by atoms with Gasteiger partial charge in [-0.3, -0.25) is 9.69 Å².